The predicted molar refractivity (Wildman–Crippen MR) is 69.2 cm³/mol. The molecule has 0 heterocycles. The van der Waals surface area contributed by atoms with Gasteiger partial charge in [-0.05, 0) is 17.2 Å². The first-order valence-corrected chi connectivity index (χ1v) is 5.61. The van der Waals surface area contributed by atoms with Gasteiger partial charge in [-0.15, -0.1) is 6.58 Å². The smallest absolute Gasteiger partial charge is 0.310 e. The summed E-state index contributed by atoms with van der Waals surface area (Å²) in [6, 6.07) is 6.48. The van der Waals surface area contributed by atoms with Crippen LogP contribution in [0.5, 0.6) is 0 Å². The van der Waals surface area contributed by atoms with Gasteiger partial charge < -0.3 is 4.74 Å². The van der Waals surface area contributed by atoms with Gasteiger partial charge in [0.1, 0.15) is 6.61 Å². The fraction of sp³-hybridized carbons (Fsp3) is 0.250. The number of carbonyl (C=O) groups excluding carboxylic acids is 1. The molecule has 0 saturated heterocycles. The van der Waals surface area contributed by atoms with Crippen LogP contribution in [0.25, 0.3) is 10.4 Å². The van der Waals surface area contributed by atoms with E-state index in [4.69, 9.17) is 21.9 Å². The van der Waals surface area contributed by atoms with Crippen LogP contribution in [0.15, 0.2) is 42.0 Å². The summed E-state index contributed by atoms with van der Waals surface area (Å²) in [4.78, 5) is 14.2. The molecule has 0 fully saturated rings. The van der Waals surface area contributed by atoms with Crippen molar-refractivity contribution in [1.82, 2.24) is 0 Å². The van der Waals surface area contributed by atoms with E-state index in [0.717, 1.165) is 0 Å². The lowest BCUT2D eigenvalue weighted by molar-refractivity contribution is -0.143. The highest BCUT2D eigenvalue weighted by Gasteiger charge is 2.10. The first-order valence-electron chi connectivity index (χ1n) is 5.23. The summed E-state index contributed by atoms with van der Waals surface area (Å²) in [5, 5.41) is 3.92. The molecule has 6 heteroatoms. The van der Waals surface area contributed by atoms with E-state index in [0.29, 0.717) is 10.6 Å². The topological polar surface area (TPSA) is 75.1 Å². The Bertz CT molecular complexity index is 484. The number of azide groups is 1. The summed E-state index contributed by atoms with van der Waals surface area (Å²) in [7, 11) is 0. The minimum absolute atomic E-state index is 0.0170. The Morgan fingerprint density at radius 2 is 2.33 bits per heavy atom. The van der Waals surface area contributed by atoms with Crippen LogP contribution in [0.3, 0.4) is 0 Å². The SMILES string of the molecule is C=CC(COC(=O)Cc1ccccc1Cl)N=[N+]=[N-]. The van der Waals surface area contributed by atoms with E-state index < -0.39 is 12.0 Å². The maximum Gasteiger partial charge on any atom is 0.310 e. The number of benzene rings is 1. The van der Waals surface area contributed by atoms with E-state index >= 15 is 0 Å². The van der Waals surface area contributed by atoms with Crippen molar-refractivity contribution in [2.45, 2.75) is 12.5 Å². The normalized spacial score (nSPS) is 11.2. The highest BCUT2D eigenvalue weighted by molar-refractivity contribution is 6.31. The second kappa shape index (κ2) is 7.37. The minimum atomic E-state index is -0.551. The molecule has 0 aromatic heterocycles. The van der Waals surface area contributed by atoms with Crippen molar-refractivity contribution in [3.8, 4) is 0 Å². The van der Waals surface area contributed by atoms with Crippen LogP contribution in [0.1, 0.15) is 5.56 Å². The standard InChI is InChI=1S/C12H12ClN3O2/c1-2-10(15-16-14)8-18-12(17)7-9-5-3-4-6-11(9)13/h2-6,10H,1,7-8H2. The molecule has 1 atom stereocenters. The van der Waals surface area contributed by atoms with E-state index in [1.807, 2.05) is 0 Å². The van der Waals surface area contributed by atoms with Gasteiger partial charge in [0.05, 0.1) is 12.5 Å². The highest BCUT2D eigenvalue weighted by atomic mass is 35.5. The average molecular weight is 266 g/mol. The second-order valence-electron chi connectivity index (χ2n) is 3.46. The van der Waals surface area contributed by atoms with Crippen molar-refractivity contribution in [1.29, 1.82) is 0 Å². The maximum atomic E-state index is 11.5. The Hall–Kier alpha value is -1.97. The maximum absolute atomic E-state index is 11.5. The fourth-order valence-corrected chi connectivity index (χ4v) is 1.44. The average Bonchev–Trinajstić information content (AvgIpc) is 2.37. The first-order chi connectivity index (χ1) is 8.67. The molecule has 0 aliphatic rings. The van der Waals surface area contributed by atoms with Gasteiger partial charge in [-0.2, -0.15) is 0 Å². The number of hydrogen-bond donors (Lipinski definition) is 0. The largest absolute Gasteiger partial charge is 0.465 e. The molecular weight excluding hydrogens is 254 g/mol. The van der Waals surface area contributed by atoms with Gasteiger partial charge in [0.15, 0.2) is 0 Å². The van der Waals surface area contributed by atoms with Crippen molar-refractivity contribution in [2.75, 3.05) is 6.61 Å². The molecule has 0 saturated carbocycles. The molecule has 0 amide bonds. The molecule has 0 aliphatic carbocycles. The van der Waals surface area contributed by atoms with Crippen molar-refractivity contribution < 1.29 is 9.53 Å². The predicted octanol–water partition coefficient (Wildman–Crippen LogP) is 3.29. The van der Waals surface area contributed by atoms with Gasteiger partial charge in [-0.1, -0.05) is 41.0 Å². The van der Waals surface area contributed by atoms with Gasteiger partial charge in [0.25, 0.3) is 0 Å². The number of hydrogen-bond acceptors (Lipinski definition) is 3. The fourth-order valence-electron chi connectivity index (χ4n) is 1.24. The van der Waals surface area contributed by atoms with Crippen LogP contribution in [-0.2, 0) is 16.0 Å². The van der Waals surface area contributed by atoms with Crippen LogP contribution >= 0.6 is 11.6 Å². The zero-order valence-corrected chi connectivity index (χ0v) is 10.4. The third kappa shape index (κ3) is 4.49. The zero-order valence-electron chi connectivity index (χ0n) is 9.62. The molecule has 0 bridgehead atoms. The molecule has 5 nitrogen and oxygen atoms in total. The molecule has 1 rings (SSSR count). The minimum Gasteiger partial charge on any atom is -0.465 e. The molecule has 0 spiro atoms. The molecule has 94 valence electrons. The number of carbonyl (C=O) groups is 1. The van der Waals surface area contributed by atoms with Gasteiger partial charge in [-0.3, -0.25) is 4.79 Å². The van der Waals surface area contributed by atoms with Crippen molar-refractivity contribution in [3.05, 3.63) is 57.9 Å². The Kier molecular flexibility index (Phi) is 5.77. The lowest BCUT2D eigenvalue weighted by Gasteiger charge is -2.08. The van der Waals surface area contributed by atoms with Gasteiger partial charge >= 0.3 is 5.97 Å². The molecule has 1 aromatic carbocycles. The molecular formula is C12H12ClN3O2. The van der Waals surface area contributed by atoms with Gasteiger partial charge in [0.2, 0.25) is 0 Å². The molecule has 0 aliphatic heterocycles. The van der Waals surface area contributed by atoms with E-state index in [1.165, 1.54) is 6.08 Å². The quantitative estimate of drug-likeness (QED) is 0.260. The summed E-state index contributed by atoms with van der Waals surface area (Å²) < 4.78 is 4.97. The first kappa shape index (κ1) is 14.1. The van der Waals surface area contributed by atoms with Crippen molar-refractivity contribution in [2.24, 2.45) is 5.11 Å². The Labute approximate surface area is 110 Å². The van der Waals surface area contributed by atoms with Crippen molar-refractivity contribution in [3.63, 3.8) is 0 Å². The Morgan fingerprint density at radius 3 is 2.94 bits per heavy atom. The summed E-state index contributed by atoms with van der Waals surface area (Å²) in [5.74, 6) is -0.428. The van der Waals surface area contributed by atoms with Gasteiger partial charge in [0, 0.05) is 9.93 Å². The monoisotopic (exact) mass is 265 g/mol. The van der Waals surface area contributed by atoms with Crippen LogP contribution < -0.4 is 0 Å². The Balaban J connectivity index is 2.50. The van der Waals surface area contributed by atoms with Crippen LogP contribution in [-0.4, -0.2) is 18.6 Å². The van der Waals surface area contributed by atoms with Crippen molar-refractivity contribution >= 4 is 17.6 Å². The third-order valence-corrected chi connectivity index (χ3v) is 2.55. The molecule has 0 N–H and O–H groups in total. The molecule has 1 unspecified atom stereocenters. The third-order valence-electron chi connectivity index (χ3n) is 2.18. The lowest BCUT2D eigenvalue weighted by atomic mass is 10.1. The van der Waals surface area contributed by atoms with Crippen LogP contribution in [0.4, 0.5) is 0 Å². The number of ether oxygens (including phenoxy) is 1. The lowest BCUT2D eigenvalue weighted by Crippen LogP contribution is -2.16. The van der Waals surface area contributed by atoms with E-state index in [-0.39, 0.29) is 13.0 Å². The van der Waals surface area contributed by atoms with Crippen LogP contribution in [0, 0.1) is 0 Å². The number of nitrogens with zero attached hydrogens (tertiary/aromatic N) is 3. The Morgan fingerprint density at radius 1 is 1.61 bits per heavy atom. The summed E-state index contributed by atoms with van der Waals surface area (Å²) in [5.41, 5.74) is 8.95. The molecule has 0 radical (unpaired) electrons. The zero-order chi connectivity index (χ0) is 13.4. The number of esters is 1. The number of rotatable bonds is 6. The van der Waals surface area contributed by atoms with E-state index in [9.17, 15) is 4.79 Å². The van der Waals surface area contributed by atoms with Crippen LogP contribution in [0.2, 0.25) is 5.02 Å². The molecule has 18 heavy (non-hydrogen) atoms. The summed E-state index contributed by atoms with van der Waals surface area (Å²) in [6.07, 6.45) is 1.50. The van der Waals surface area contributed by atoms with E-state index in [1.54, 1.807) is 24.3 Å². The second-order valence-corrected chi connectivity index (χ2v) is 3.87. The molecule has 1 aromatic rings. The highest BCUT2D eigenvalue weighted by Crippen LogP contribution is 2.15. The number of halogens is 1. The van der Waals surface area contributed by atoms with Gasteiger partial charge in [-0.25, -0.2) is 0 Å². The summed E-state index contributed by atoms with van der Waals surface area (Å²) >= 11 is 5.92. The summed E-state index contributed by atoms with van der Waals surface area (Å²) in [6.45, 7) is 3.46. The van der Waals surface area contributed by atoms with E-state index in [2.05, 4.69) is 16.6 Å².